The Hall–Kier alpha value is -2.08. The molecule has 0 aliphatic heterocycles. The van der Waals surface area contributed by atoms with Crippen LogP contribution in [0.5, 0.6) is 17.2 Å². The van der Waals surface area contributed by atoms with E-state index in [-0.39, 0.29) is 11.2 Å². The monoisotopic (exact) mass is 392 g/mol. The molecule has 24 heavy (non-hydrogen) atoms. The van der Waals surface area contributed by atoms with Crippen molar-refractivity contribution >= 4 is 27.3 Å². The Morgan fingerprint density at radius 3 is 2.12 bits per heavy atom. The van der Waals surface area contributed by atoms with Crippen molar-refractivity contribution in [3.05, 3.63) is 40.4 Å². The SMILES string of the molecule is COc1ccc(N=Nc2c(O)c(C(C)(C)C)cc(OC)c2Br)cc1. The Balaban J connectivity index is 2.49. The lowest BCUT2D eigenvalue weighted by molar-refractivity contribution is 0.403. The molecule has 2 aromatic carbocycles. The van der Waals surface area contributed by atoms with Crippen molar-refractivity contribution in [2.75, 3.05) is 14.2 Å². The van der Waals surface area contributed by atoms with Crippen LogP contribution in [0.1, 0.15) is 26.3 Å². The van der Waals surface area contributed by atoms with E-state index in [9.17, 15) is 5.11 Å². The number of methoxy groups -OCH3 is 2. The van der Waals surface area contributed by atoms with Gasteiger partial charge in [-0.1, -0.05) is 20.8 Å². The van der Waals surface area contributed by atoms with Crippen LogP contribution in [0, 0.1) is 0 Å². The van der Waals surface area contributed by atoms with Gasteiger partial charge in [0.25, 0.3) is 0 Å². The number of phenolic OH excluding ortho intramolecular Hbond substituents is 1. The van der Waals surface area contributed by atoms with E-state index in [0.29, 0.717) is 21.6 Å². The molecule has 1 N–H and O–H groups in total. The Morgan fingerprint density at radius 1 is 1.00 bits per heavy atom. The van der Waals surface area contributed by atoms with Gasteiger partial charge in [-0.15, -0.1) is 5.11 Å². The molecule has 128 valence electrons. The van der Waals surface area contributed by atoms with Gasteiger partial charge in [0.1, 0.15) is 22.9 Å². The maximum absolute atomic E-state index is 10.6. The molecule has 0 atom stereocenters. The van der Waals surface area contributed by atoms with E-state index in [1.807, 2.05) is 26.8 Å². The lowest BCUT2D eigenvalue weighted by atomic mass is 9.86. The first kappa shape index (κ1) is 18.3. The van der Waals surface area contributed by atoms with E-state index in [1.54, 1.807) is 38.5 Å². The predicted molar refractivity (Wildman–Crippen MR) is 98.2 cm³/mol. The summed E-state index contributed by atoms with van der Waals surface area (Å²) in [4.78, 5) is 0. The van der Waals surface area contributed by atoms with Crippen LogP contribution in [0.25, 0.3) is 0 Å². The molecule has 0 aliphatic rings. The topological polar surface area (TPSA) is 63.4 Å². The summed E-state index contributed by atoms with van der Waals surface area (Å²) in [5.74, 6) is 1.43. The molecule has 0 fully saturated rings. The molecule has 0 aliphatic carbocycles. The van der Waals surface area contributed by atoms with Gasteiger partial charge < -0.3 is 14.6 Å². The first-order valence-corrected chi connectivity index (χ1v) is 8.23. The molecule has 0 saturated heterocycles. The Morgan fingerprint density at radius 2 is 1.62 bits per heavy atom. The highest BCUT2D eigenvalue weighted by Gasteiger charge is 2.24. The minimum Gasteiger partial charge on any atom is -0.505 e. The first-order valence-electron chi connectivity index (χ1n) is 7.43. The van der Waals surface area contributed by atoms with Crippen LogP contribution >= 0.6 is 15.9 Å². The maximum Gasteiger partial charge on any atom is 0.148 e. The molecule has 0 bridgehead atoms. The second-order valence-corrected chi connectivity index (χ2v) is 7.08. The first-order chi connectivity index (χ1) is 11.3. The molecule has 0 spiro atoms. The molecule has 2 aromatic rings. The summed E-state index contributed by atoms with van der Waals surface area (Å²) in [6.07, 6.45) is 0. The summed E-state index contributed by atoms with van der Waals surface area (Å²) in [5, 5.41) is 19.0. The van der Waals surface area contributed by atoms with Gasteiger partial charge in [0, 0.05) is 5.56 Å². The van der Waals surface area contributed by atoms with Gasteiger partial charge in [-0.05, 0) is 51.7 Å². The lowest BCUT2D eigenvalue weighted by Crippen LogP contribution is -2.11. The van der Waals surface area contributed by atoms with Gasteiger partial charge in [0.15, 0.2) is 0 Å². The number of nitrogens with zero attached hydrogens (tertiary/aromatic N) is 2. The summed E-state index contributed by atoms with van der Waals surface area (Å²) < 4.78 is 11.1. The summed E-state index contributed by atoms with van der Waals surface area (Å²) >= 11 is 3.43. The van der Waals surface area contributed by atoms with Crippen LogP contribution in [0.4, 0.5) is 11.4 Å². The minimum atomic E-state index is -0.261. The fourth-order valence-corrected chi connectivity index (χ4v) is 2.72. The van der Waals surface area contributed by atoms with Crippen LogP contribution < -0.4 is 9.47 Å². The molecule has 0 saturated carbocycles. The third-order valence-corrected chi connectivity index (χ3v) is 4.31. The molecule has 6 heteroatoms. The van der Waals surface area contributed by atoms with Gasteiger partial charge in [-0.2, -0.15) is 5.11 Å². The van der Waals surface area contributed by atoms with Gasteiger partial charge in [0.2, 0.25) is 0 Å². The van der Waals surface area contributed by atoms with E-state index < -0.39 is 0 Å². The van der Waals surface area contributed by atoms with E-state index in [4.69, 9.17) is 9.47 Å². The number of azo groups is 1. The smallest absolute Gasteiger partial charge is 0.148 e. The van der Waals surface area contributed by atoms with Crippen molar-refractivity contribution in [2.24, 2.45) is 10.2 Å². The number of hydrogen-bond acceptors (Lipinski definition) is 5. The maximum atomic E-state index is 10.6. The van der Waals surface area contributed by atoms with E-state index in [0.717, 1.165) is 11.3 Å². The third kappa shape index (κ3) is 3.87. The van der Waals surface area contributed by atoms with Gasteiger partial charge >= 0.3 is 0 Å². The predicted octanol–water partition coefficient (Wildman–Crippen LogP) is 5.88. The number of benzene rings is 2. The number of phenols is 1. The Labute approximate surface area is 150 Å². The highest BCUT2D eigenvalue weighted by molar-refractivity contribution is 9.10. The van der Waals surface area contributed by atoms with Gasteiger partial charge in [-0.25, -0.2) is 0 Å². The summed E-state index contributed by atoms with van der Waals surface area (Å²) in [6, 6.07) is 8.99. The van der Waals surface area contributed by atoms with E-state index >= 15 is 0 Å². The average molecular weight is 393 g/mol. The van der Waals surface area contributed by atoms with E-state index in [2.05, 4.69) is 26.2 Å². The fourth-order valence-electron chi connectivity index (χ4n) is 2.18. The number of rotatable bonds is 4. The largest absolute Gasteiger partial charge is 0.505 e. The van der Waals surface area contributed by atoms with Crippen molar-refractivity contribution in [1.29, 1.82) is 0 Å². The van der Waals surface area contributed by atoms with Crippen molar-refractivity contribution in [1.82, 2.24) is 0 Å². The normalized spacial score (nSPS) is 11.8. The van der Waals surface area contributed by atoms with Gasteiger partial charge in [-0.3, -0.25) is 0 Å². The van der Waals surface area contributed by atoms with E-state index in [1.165, 1.54) is 0 Å². The molecule has 0 heterocycles. The number of halogens is 1. The fraction of sp³-hybridized carbons (Fsp3) is 0.333. The second-order valence-electron chi connectivity index (χ2n) is 6.29. The molecule has 0 radical (unpaired) electrons. The standard InChI is InChI=1S/C18H21BrN2O3/c1-18(2,3)13-10-14(24-5)15(19)16(17(13)22)21-20-11-6-8-12(23-4)9-7-11/h6-10,22H,1-5H3. The number of hydrogen-bond donors (Lipinski definition) is 1. The summed E-state index contributed by atoms with van der Waals surface area (Å²) in [6.45, 7) is 6.04. The second kappa shape index (κ2) is 7.21. The van der Waals surface area contributed by atoms with Crippen LogP contribution in [0.2, 0.25) is 0 Å². The van der Waals surface area contributed by atoms with Crippen molar-refractivity contribution in [3.63, 3.8) is 0 Å². The average Bonchev–Trinajstić information content (AvgIpc) is 2.54. The molecular formula is C18H21BrN2O3. The molecule has 2 rings (SSSR count). The Kier molecular flexibility index (Phi) is 5.49. The minimum absolute atomic E-state index is 0.0902. The quantitative estimate of drug-likeness (QED) is 0.660. The molecule has 0 amide bonds. The van der Waals surface area contributed by atoms with Crippen LogP contribution in [0.3, 0.4) is 0 Å². The molecule has 5 nitrogen and oxygen atoms in total. The summed E-state index contributed by atoms with van der Waals surface area (Å²) in [7, 11) is 3.18. The van der Waals surface area contributed by atoms with Gasteiger partial charge in [0.05, 0.1) is 24.4 Å². The van der Waals surface area contributed by atoms with Crippen molar-refractivity contribution < 1.29 is 14.6 Å². The van der Waals surface area contributed by atoms with Crippen LogP contribution in [-0.2, 0) is 5.41 Å². The lowest BCUT2D eigenvalue weighted by Gasteiger charge is -2.22. The van der Waals surface area contributed by atoms with Crippen LogP contribution in [0.15, 0.2) is 45.0 Å². The Bertz CT molecular complexity index is 750. The zero-order valence-corrected chi connectivity index (χ0v) is 16.0. The van der Waals surface area contributed by atoms with Crippen molar-refractivity contribution in [2.45, 2.75) is 26.2 Å². The number of aromatic hydroxyl groups is 1. The molecule has 0 unspecified atom stereocenters. The number of ether oxygens (including phenoxy) is 2. The molecular weight excluding hydrogens is 372 g/mol. The summed E-state index contributed by atoms with van der Waals surface area (Å²) in [5.41, 5.74) is 1.48. The third-order valence-electron chi connectivity index (χ3n) is 3.54. The highest BCUT2D eigenvalue weighted by atomic mass is 79.9. The van der Waals surface area contributed by atoms with Crippen molar-refractivity contribution in [3.8, 4) is 17.2 Å². The molecule has 0 aromatic heterocycles. The zero-order chi connectivity index (χ0) is 17.9. The zero-order valence-electron chi connectivity index (χ0n) is 14.4. The van der Waals surface area contributed by atoms with Crippen LogP contribution in [-0.4, -0.2) is 19.3 Å². The highest BCUT2D eigenvalue weighted by Crippen LogP contribution is 2.47.